The third-order valence-corrected chi connectivity index (χ3v) is 5.20. The third-order valence-electron chi connectivity index (χ3n) is 4.34. The summed E-state index contributed by atoms with van der Waals surface area (Å²) in [5.74, 6) is 0.674. The molecule has 0 amide bonds. The van der Waals surface area contributed by atoms with Crippen LogP contribution in [0.1, 0.15) is 22.9 Å². The van der Waals surface area contributed by atoms with E-state index in [4.69, 9.17) is 4.42 Å². The highest BCUT2D eigenvalue weighted by molar-refractivity contribution is 7.13. The normalized spacial score (nSPS) is 18.0. The van der Waals surface area contributed by atoms with Crippen LogP contribution < -0.4 is 0 Å². The summed E-state index contributed by atoms with van der Waals surface area (Å²) in [7, 11) is 0. The largest absolute Gasteiger partial charge is 0.444 e. The Morgan fingerprint density at radius 2 is 2.17 bits per heavy atom. The minimum atomic E-state index is 0.0295. The second-order valence-corrected chi connectivity index (χ2v) is 6.69. The molecule has 2 aromatic heterocycles. The van der Waals surface area contributed by atoms with Gasteiger partial charge in [0.05, 0.1) is 23.2 Å². The van der Waals surface area contributed by atoms with Crippen LogP contribution in [0.5, 0.6) is 0 Å². The number of aromatic nitrogens is 1. The number of fused-ring (bicyclic) bond motifs is 1. The van der Waals surface area contributed by atoms with Crippen molar-refractivity contribution in [1.82, 2.24) is 9.88 Å². The Kier molecular flexibility index (Phi) is 3.99. The van der Waals surface area contributed by atoms with E-state index in [9.17, 15) is 5.11 Å². The molecular formula is C18H18N2O2S. The molecule has 0 saturated heterocycles. The Bertz CT molecular complexity index is 782. The first kappa shape index (κ1) is 14.6. The molecule has 3 aromatic rings. The van der Waals surface area contributed by atoms with Gasteiger partial charge in [-0.25, -0.2) is 4.98 Å². The smallest absolute Gasteiger partial charge is 0.236 e. The quantitative estimate of drug-likeness (QED) is 0.797. The van der Waals surface area contributed by atoms with Gasteiger partial charge in [-0.05, 0) is 29.0 Å². The molecule has 1 unspecified atom stereocenters. The standard InChI is InChI=1S/C18H18N2O2S/c21-11-16-15-5-2-1-4-13(15)7-8-20(16)10-14-12-22-18(19-14)17-6-3-9-23-17/h1-6,9,12,16,21H,7-8,10-11H2. The molecule has 0 radical (unpaired) electrons. The Morgan fingerprint density at radius 3 is 3.00 bits per heavy atom. The van der Waals surface area contributed by atoms with Gasteiger partial charge in [0.2, 0.25) is 5.89 Å². The van der Waals surface area contributed by atoms with Crippen LogP contribution in [0.3, 0.4) is 0 Å². The zero-order valence-corrected chi connectivity index (χ0v) is 13.5. The van der Waals surface area contributed by atoms with E-state index in [2.05, 4.69) is 28.1 Å². The predicted octanol–water partition coefficient (Wildman–Crippen LogP) is 3.49. The number of hydrogen-bond donors (Lipinski definition) is 1. The number of hydrogen-bond acceptors (Lipinski definition) is 5. The number of nitrogens with zero attached hydrogens (tertiary/aromatic N) is 2. The summed E-state index contributed by atoms with van der Waals surface area (Å²) in [5, 5.41) is 11.9. The van der Waals surface area contributed by atoms with Crippen LogP contribution in [-0.2, 0) is 13.0 Å². The molecule has 4 rings (SSSR count). The molecule has 1 N–H and O–H groups in total. The molecule has 0 spiro atoms. The average Bonchev–Trinajstić information content (AvgIpc) is 3.26. The summed E-state index contributed by atoms with van der Waals surface area (Å²) in [6, 6.07) is 12.4. The highest BCUT2D eigenvalue weighted by Crippen LogP contribution is 2.31. The van der Waals surface area contributed by atoms with Crippen LogP contribution in [0.25, 0.3) is 10.8 Å². The molecule has 1 atom stereocenters. The molecule has 0 aliphatic carbocycles. The number of thiophene rings is 1. The second kappa shape index (κ2) is 6.28. The van der Waals surface area contributed by atoms with Gasteiger partial charge in [-0.2, -0.15) is 0 Å². The lowest BCUT2D eigenvalue weighted by Gasteiger charge is -2.35. The molecular weight excluding hydrogens is 308 g/mol. The molecule has 0 fully saturated rings. The lowest BCUT2D eigenvalue weighted by Crippen LogP contribution is -2.36. The molecule has 0 bridgehead atoms. The van der Waals surface area contributed by atoms with Crippen LogP contribution >= 0.6 is 11.3 Å². The van der Waals surface area contributed by atoms with Crippen LogP contribution in [0.4, 0.5) is 0 Å². The number of oxazole rings is 1. The fraction of sp³-hybridized carbons (Fsp3) is 0.278. The molecule has 1 aliphatic heterocycles. The SMILES string of the molecule is OCC1c2ccccc2CCN1Cc1coc(-c2cccs2)n1. The summed E-state index contributed by atoms with van der Waals surface area (Å²) >= 11 is 1.62. The van der Waals surface area contributed by atoms with Crippen LogP contribution in [0.15, 0.2) is 52.5 Å². The molecule has 3 heterocycles. The lowest BCUT2D eigenvalue weighted by molar-refractivity contribution is 0.107. The maximum absolute atomic E-state index is 9.86. The van der Waals surface area contributed by atoms with Crippen molar-refractivity contribution >= 4 is 11.3 Å². The molecule has 118 valence electrons. The first-order valence-corrected chi connectivity index (χ1v) is 8.64. The van der Waals surface area contributed by atoms with E-state index < -0.39 is 0 Å². The fourth-order valence-electron chi connectivity index (χ4n) is 3.21. The lowest BCUT2D eigenvalue weighted by atomic mass is 9.93. The van der Waals surface area contributed by atoms with Gasteiger partial charge < -0.3 is 9.52 Å². The van der Waals surface area contributed by atoms with Gasteiger partial charge in [-0.1, -0.05) is 30.3 Å². The van der Waals surface area contributed by atoms with E-state index in [1.807, 2.05) is 23.6 Å². The predicted molar refractivity (Wildman–Crippen MR) is 90.2 cm³/mol. The summed E-state index contributed by atoms with van der Waals surface area (Å²) in [6.45, 7) is 1.73. The van der Waals surface area contributed by atoms with Crippen molar-refractivity contribution in [2.45, 2.75) is 19.0 Å². The number of benzene rings is 1. The topological polar surface area (TPSA) is 49.5 Å². The van der Waals surface area contributed by atoms with Crippen molar-refractivity contribution < 1.29 is 9.52 Å². The van der Waals surface area contributed by atoms with Crippen LogP contribution in [-0.4, -0.2) is 28.1 Å². The maximum Gasteiger partial charge on any atom is 0.236 e. The van der Waals surface area contributed by atoms with E-state index in [1.165, 1.54) is 11.1 Å². The van der Waals surface area contributed by atoms with E-state index >= 15 is 0 Å². The van der Waals surface area contributed by atoms with Gasteiger partial charge in [0.25, 0.3) is 0 Å². The summed E-state index contributed by atoms with van der Waals surface area (Å²) in [5.41, 5.74) is 3.47. The molecule has 4 nitrogen and oxygen atoms in total. The number of aliphatic hydroxyl groups is 1. The Morgan fingerprint density at radius 1 is 1.26 bits per heavy atom. The van der Waals surface area contributed by atoms with Crippen molar-refractivity contribution in [3.63, 3.8) is 0 Å². The Balaban J connectivity index is 1.55. The fourth-order valence-corrected chi connectivity index (χ4v) is 3.86. The molecule has 23 heavy (non-hydrogen) atoms. The van der Waals surface area contributed by atoms with Gasteiger partial charge in [0.15, 0.2) is 0 Å². The third kappa shape index (κ3) is 2.83. The van der Waals surface area contributed by atoms with Gasteiger partial charge in [-0.15, -0.1) is 11.3 Å². The van der Waals surface area contributed by atoms with Crippen molar-refractivity contribution in [3.8, 4) is 10.8 Å². The summed E-state index contributed by atoms with van der Waals surface area (Å²) < 4.78 is 5.60. The number of aliphatic hydroxyl groups excluding tert-OH is 1. The summed E-state index contributed by atoms with van der Waals surface area (Å²) in [4.78, 5) is 7.91. The second-order valence-electron chi connectivity index (χ2n) is 5.74. The zero-order valence-electron chi connectivity index (χ0n) is 12.7. The Hall–Kier alpha value is -1.95. The van der Waals surface area contributed by atoms with Crippen molar-refractivity contribution in [2.75, 3.05) is 13.2 Å². The Labute approximate surface area is 139 Å². The van der Waals surface area contributed by atoms with Gasteiger partial charge >= 0.3 is 0 Å². The highest BCUT2D eigenvalue weighted by Gasteiger charge is 2.27. The van der Waals surface area contributed by atoms with Crippen molar-refractivity contribution in [2.24, 2.45) is 0 Å². The van der Waals surface area contributed by atoms with Crippen LogP contribution in [0, 0.1) is 0 Å². The first-order chi connectivity index (χ1) is 11.3. The van der Waals surface area contributed by atoms with Crippen LogP contribution in [0.2, 0.25) is 0 Å². The molecule has 0 saturated carbocycles. The monoisotopic (exact) mass is 326 g/mol. The average molecular weight is 326 g/mol. The van der Waals surface area contributed by atoms with E-state index in [0.717, 1.165) is 23.5 Å². The van der Waals surface area contributed by atoms with E-state index in [1.54, 1.807) is 17.6 Å². The van der Waals surface area contributed by atoms with Crippen molar-refractivity contribution in [3.05, 3.63) is 64.9 Å². The molecule has 1 aliphatic rings. The number of rotatable bonds is 4. The minimum Gasteiger partial charge on any atom is -0.444 e. The maximum atomic E-state index is 9.86. The zero-order chi connectivity index (χ0) is 15.6. The molecule has 1 aromatic carbocycles. The first-order valence-electron chi connectivity index (χ1n) is 7.76. The summed E-state index contributed by atoms with van der Waals surface area (Å²) in [6.07, 6.45) is 2.73. The van der Waals surface area contributed by atoms with Crippen molar-refractivity contribution in [1.29, 1.82) is 0 Å². The molecule has 5 heteroatoms. The van der Waals surface area contributed by atoms with Gasteiger partial charge in [-0.3, -0.25) is 4.90 Å². The van der Waals surface area contributed by atoms with E-state index in [0.29, 0.717) is 12.4 Å². The van der Waals surface area contributed by atoms with Gasteiger partial charge in [0, 0.05) is 13.1 Å². The highest BCUT2D eigenvalue weighted by atomic mass is 32.1. The minimum absolute atomic E-state index is 0.0295. The van der Waals surface area contributed by atoms with Gasteiger partial charge in [0.1, 0.15) is 6.26 Å². The van der Waals surface area contributed by atoms with E-state index in [-0.39, 0.29) is 12.6 Å².